The van der Waals surface area contributed by atoms with Crippen molar-refractivity contribution in [3.05, 3.63) is 40.7 Å². The molecule has 1 aromatic carbocycles. The number of hydrogen-bond donors (Lipinski definition) is 0. The lowest BCUT2D eigenvalue weighted by molar-refractivity contribution is -0.130. The normalized spacial score (nSPS) is 15.4. The lowest BCUT2D eigenvalue weighted by atomic mass is 10.1. The Morgan fingerprint density at radius 1 is 1.21 bits per heavy atom. The molecule has 2 aromatic rings. The molecule has 1 aromatic heterocycles. The van der Waals surface area contributed by atoms with Crippen LogP contribution in [0.25, 0.3) is 0 Å². The van der Waals surface area contributed by atoms with E-state index < -0.39 is 0 Å². The molecule has 3 rings (SSSR count). The highest BCUT2D eigenvalue weighted by atomic mass is 35.5. The van der Waals surface area contributed by atoms with Crippen molar-refractivity contribution in [3.8, 4) is 0 Å². The van der Waals surface area contributed by atoms with Gasteiger partial charge in [-0.05, 0) is 24.1 Å². The smallest absolute Gasteiger partial charge is 0.222 e. The van der Waals surface area contributed by atoms with E-state index in [0.29, 0.717) is 12.8 Å². The van der Waals surface area contributed by atoms with Crippen LogP contribution >= 0.6 is 23.1 Å². The van der Waals surface area contributed by atoms with Crippen LogP contribution in [-0.2, 0) is 11.2 Å². The number of carbonyl (C=O) groups is 1. The highest BCUT2D eigenvalue weighted by molar-refractivity contribution is 7.09. The molecule has 2 heterocycles. The predicted octanol–water partition coefficient (Wildman–Crippen LogP) is 3.23. The highest BCUT2D eigenvalue weighted by Gasteiger charge is 2.20. The molecule has 0 spiro atoms. The first-order chi connectivity index (χ1) is 11.7. The van der Waals surface area contributed by atoms with Crippen LogP contribution in [0.1, 0.15) is 31.2 Å². The number of halogens is 1. The Balaban J connectivity index is 1.62. The molecule has 1 amide bonds. The number of amides is 1. The first-order valence-electron chi connectivity index (χ1n) is 8.25. The van der Waals surface area contributed by atoms with Crippen LogP contribution in [-0.4, -0.2) is 46.3 Å². The Kier molecular flexibility index (Phi) is 5.68. The Bertz CT molecular complexity index is 688. The summed E-state index contributed by atoms with van der Waals surface area (Å²) in [6.45, 7) is 5.25. The van der Waals surface area contributed by atoms with Gasteiger partial charge in [0, 0.05) is 55.6 Å². The summed E-state index contributed by atoms with van der Waals surface area (Å²) in [4.78, 5) is 20.7. The number of carbonyl (C=O) groups excluding carboxylic acids is 1. The standard InChI is InChI=1S/C17H21ClN4OS/c1-2-16(23)21-8-3-9-22(11-10-21)17-19-15(20-24-17)12-13-4-6-14(18)7-5-13/h4-7H,2-3,8-12H2,1H3. The Hall–Kier alpha value is -1.66. The lowest BCUT2D eigenvalue weighted by Gasteiger charge is -2.20. The molecule has 0 aliphatic carbocycles. The van der Waals surface area contributed by atoms with Crippen LogP contribution in [0.3, 0.4) is 0 Å². The van der Waals surface area contributed by atoms with Gasteiger partial charge in [-0.25, -0.2) is 4.98 Å². The van der Waals surface area contributed by atoms with Crippen molar-refractivity contribution in [3.63, 3.8) is 0 Å². The van der Waals surface area contributed by atoms with Gasteiger partial charge in [-0.1, -0.05) is 30.7 Å². The largest absolute Gasteiger partial charge is 0.345 e. The minimum atomic E-state index is 0.234. The maximum absolute atomic E-state index is 11.9. The third-order valence-electron chi connectivity index (χ3n) is 4.15. The number of benzene rings is 1. The van der Waals surface area contributed by atoms with Gasteiger partial charge in [-0.2, -0.15) is 4.37 Å². The SMILES string of the molecule is CCC(=O)N1CCCN(c2nc(Cc3ccc(Cl)cc3)ns2)CC1. The number of anilines is 1. The van der Waals surface area contributed by atoms with Crippen LogP contribution in [0.2, 0.25) is 5.02 Å². The van der Waals surface area contributed by atoms with Crippen LogP contribution < -0.4 is 4.90 Å². The number of hydrogen-bond acceptors (Lipinski definition) is 5. The summed E-state index contributed by atoms with van der Waals surface area (Å²) < 4.78 is 4.49. The molecule has 1 fully saturated rings. The van der Waals surface area contributed by atoms with Crippen molar-refractivity contribution >= 4 is 34.2 Å². The summed E-state index contributed by atoms with van der Waals surface area (Å²) in [7, 11) is 0. The van der Waals surface area contributed by atoms with Gasteiger partial charge in [-0.3, -0.25) is 4.79 Å². The average molecular weight is 365 g/mol. The van der Waals surface area contributed by atoms with Gasteiger partial charge in [-0.15, -0.1) is 0 Å². The highest BCUT2D eigenvalue weighted by Crippen LogP contribution is 2.21. The van der Waals surface area contributed by atoms with Crippen molar-refractivity contribution in [2.24, 2.45) is 0 Å². The van der Waals surface area contributed by atoms with E-state index in [2.05, 4.69) is 14.3 Å². The molecular weight excluding hydrogens is 344 g/mol. The third kappa shape index (κ3) is 4.24. The van der Waals surface area contributed by atoms with Crippen molar-refractivity contribution in [1.29, 1.82) is 0 Å². The van der Waals surface area contributed by atoms with Gasteiger partial charge in [0.1, 0.15) is 5.82 Å². The van der Waals surface area contributed by atoms with Crippen LogP contribution in [0.5, 0.6) is 0 Å². The van der Waals surface area contributed by atoms with E-state index >= 15 is 0 Å². The van der Waals surface area contributed by atoms with Crippen molar-refractivity contribution in [1.82, 2.24) is 14.3 Å². The zero-order chi connectivity index (χ0) is 16.9. The summed E-state index contributed by atoms with van der Waals surface area (Å²) in [5.41, 5.74) is 1.15. The minimum Gasteiger partial charge on any atom is -0.345 e. The lowest BCUT2D eigenvalue weighted by Crippen LogP contribution is -2.34. The maximum atomic E-state index is 11.9. The summed E-state index contributed by atoms with van der Waals surface area (Å²) in [6.07, 6.45) is 2.25. The van der Waals surface area contributed by atoms with Gasteiger partial charge in [0.15, 0.2) is 0 Å². The second kappa shape index (κ2) is 7.94. The van der Waals surface area contributed by atoms with Gasteiger partial charge in [0.25, 0.3) is 0 Å². The fourth-order valence-electron chi connectivity index (χ4n) is 2.81. The summed E-state index contributed by atoms with van der Waals surface area (Å²) in [5, 5.41) is 1.69. The summed E-state index contributed by atoms with van der Waals surface area (Å²) in [5.74, 6) is 1.07. The van der Waals surface area contributed by atoms with Gasteiger partial charge >= 0.3 is 0 Å². The van der Waals surface area contributed by atoms with E-state index in [1.165, 1.54) is 11.5 Å². The van der Waals surface area contributed by atoms with E-state index in [4.69, 9.17) is 11.6 Å². The van der Waals surface area contributed by atoms with Crippen LogP contribution in [0, 0.1) is 0 Å². The fraction of sp³-hybridized carbons (Fsp3) is 0.471. The molecule has 0 radical (unpaired) electrons. The van der Waals surface area contributed by atoms with Gasteiger partial charge in [0.05, 0.1) is 0 Å². The summed E-state index contributed by atoms with van der Waals surface area (Å²) >= 11 is 7.35. The molecule has 1 saturated heterocycles. The maximum Gasteiger partial charge on any atom is 0.222 e. The van der Waals surface area contributed by atoms with Crippen molar-refractivity contribution in [2.45, 2.75) is 26.2 Å². The first kappa shape index (κ1) is 17.2. The second-order valence-corrected chi connectivity index (χ2v) is 7.04. The molecule has 1 aliphatic heterocycles. The van der Waals surface area contributed by atoms with E-state index in [1.54, 1.807) is 0 Å². The van der Waals surface area contributed by atoms with Crippen LogP contribution in [0.4, 0.5) is 5.13 Å². The molecule has 1 aliphatic rings. The zero-order valence-corrected chi connectivity index (χ0v) is 15.3. The molecular formula is C17H21ClN4OS. The van der Waals surface area contributed by atoms with E-state index in [0.717, 1.165) is 54.1 Å². The second-order valence-electron chi connectivity index (χ2n) is 5.87. The molecule has 0 N–H and O–H groups in total. The van der Waals surface area contributed by atoms with Gasteiger partial charge in [0.2, 0.25) is 11.0 Å². The minimum absolute atomic E-state index is 0.234. The Morgan fingerprint density at radius 2 is 2.00 bits per heavy atom. The quantitative estimate of drug-likeness (QED) is 0.835. The monoisotopic (exact) mass is 364 g/mol. The fourth-order valence-corrected chi connectivity index (χ4v) is 3.67. The van der Waals surface area contributed by atoms with Gasteiger partial charge < -0.3 is 9.80 Å². The summed E-state index contributed by atoms with van der Waals surface area (Å²) in [6, 6.07) is 7.78. The first-order valence-corrected chi connectivity index (χ1v) is 9.40. The Morgan fingerprint density at radius 3 is 2.75 bits per heavy atom. The number of rotatable bonds is 4. The van der Waals surface area contributed by atoms with E-state index in [1.807, 2.05) is 36.1 Å². The molecule has 7 heteroatoms. The average Bonchev–Trinajstić information content (AvgIpc) is 2.91. The molecule has 0 atom stereocenters. The number of nitrogens with zero attached hydrogens (tertiary/aromatic N) is 4. The van der Waals surface area contributed by atoms with E-state index in [-0.39, 0.29) is 5.91 Å². The van der Waals surface area contributed by atoms with Crippen LogP contribution in [0.15, 0.2) is 24.3 Å². The zero-order valence-electron chi connectivity index (χ0n) is 13.7. The van der Waals surface area contributed by atoms with E-state index in [9.17, 15) is 4.79 Å². The molecule has 0 saturated carbocycles. The predicted molar refractivity (Wildman–Crippen MR) is 97.9 cm³/mol. The Labute approximate surface area is 151 Å². The van der Waals surface area contributed by atoms with Crippen molar-refractivity contribution in [2.75, 3.05) is 31.1 Å². The molecule has 128 valence electrons. The topological polar surface area (TPSA) is 49.3 Å². The molecule has 0 bridgehead atoms. The number of aromatic nitrogens is 2. The molecule has 0 unspecified atom stereocenters. The molecule has 24 heavy (non-hydrogen) atoms. The van der Waals surface area contributed by atoms with Crippen molar-refractivity contribution < 1.29 is 4.79 Å². The molecule has 5 nitrogen and oxygen atoms in total. The third-order valence-corrected chi connectivity index (χ3v) is 5.22.